The van der Waals surface area contributed by atoms with Crippen molar-refractivity contribution in [3.63, 3.8) is 0 Å². The van der Waals surface area contributed by atoms with Crippen molar-refractivity contribution in [1.82, 2.24) is 0 Å². The Hall–Kier alpha value is -1.76. The quantitative estimate of drug-likeness (QED) is 0.208. The Balaban J connectivity index is 1.88. The van der Waals surface area contributed by atoms with Gasteiger partial charge in [0.05, 0.1) is 20.1 Å². The molecule has 0 amide bonds. The first-order chi connectivity index (χ1) is 13.6. The first-order valence-corrected chi connectivity index (χ1v) is 10.9. The minimum Gasteiger partial charge on any atom is -0.493 e. The predicted molar refractivity (Wildman–Crippen MR) is 120 cm³/mol. The van der Waals surface area contributed by atoms with Crippen LogP contribution in [0, 0.1) is 3.57 Å². The minimum absolute atomic E-state index is 0.246. The summed E-state index contributed by atoms with van der Waals surface area (Å²) in [5.41, 5.74) is 1.94. The molecule has 152 valence electrons. The maximum atomic E-state index is 11.3. The lowest BCUT2D eigenvalue weighted by Crippen LogP contribution is -2.05. The van der Waals surface area contributed by atoms with Gasteiger partial charge in [0.1, 0.15) is 18.1 Å². The number of benzene rings is 2. The second kappa shape index (κ2) is 12.6. The normalized spacial score (nSPS) is 10.5. The predicted octanol–water partition coefficient (Wildman–Crippen LogP) is 5.93. The van der Waals surface area contributed by atoms with E-state index in [1.54, 1.807) is 0 Å². The van der Waals surface area contributed by atoms with Gasteiger partial charge >= 0.3 is 5.97 Å². The molecule has 0 atom stereocenters. The lowest BCUT2D eigenvalue weighted by atomic mass is 10.1. The molecule has 5 heteroatoms. The minimum atomic E-state index is -0.246. The number of carbonyl (C=O) groups is 1. The van der Waals surface area contributed by atoms with E-state index in [0.29, 0.717) is 6.61 Å². The van der Waals surface area contributed by atoms with E-state index in [9.17, 15) is 4.79 Å². The van der Waals surface area contributed by atoms with Crippen LogP contribution in [-0.2, 0) is 22.6 Å². The topological polar surface area (TPSA) is 44.8 Å². The second-order valence-electron chi connectivity index (χ2n) is 6.70. The van der Waals surface area contributed by atoms with Crippen LogP contribution < -0.4 is 9.47 Å². The van der Waals surface area contributed by atoms with E-state index in [2.05, 4.69) is 52.5 Å². The van der Waals surface area contributed by atoms with Crippen molar-refractivity contribution in [2.45, 2.75) is 52.1 Å². The third kappa shape index (κ3) is 8.09. The molecule has 0 aliphatic rings. The van der Waals surface area contributed by atoms with Crippen LogP contribution in [0.25, 0.3) is 0 Å². The van der Waals surface area contributed by atoms with Gasteiger partial charge < -0.3 is 14.2 Å². The van der Waals surface area contributed by atoms with Gasteiger partial charge in [-0.25, -0.2) is 0 Å². The molecule has 0 aromatic heterocycles. The highest BCUT2D eigenvalue weighted by Gasteiger charge is 2.07. The molecule has 2 aromatic carbocycles. The van der Waals surface area contributed by atoms with Crippen molar-refractivity contribution in [3.8, 4) is 11.5 Å². The van der Waals surface area contributed by atoms with Crippen LogP contribution in [0.15, 0.2) is 42.5 Å². The van der Waals surface area contributed by atoms with Gasteiger partial charge in [-0.2, -0.15) is 0 Å². The average molecular weight is 496 g/mol. The molecule has 0 bridgehead atoms. The van der Waals surface area contributed by atoms with E-state index in [0.717, 1.165) is 39.2 Å². The van der Waals surface area contributed by atoms with E-state index < -0.39 is 0 Å². The summed E-state index contributed by atoms with van der Waals surface area (Å²) in [4.78, 5) is 11.3. The lowest BCUT2D eigenvalue weighted by Gasteiger charge is -2.13. The van der Waals surface area contributed by atoms with Crippen molar-refractivity contribution in [3.05, 3.63) is 57.2 Å². The van der Waals surface area contributed by atoms with Crippen molar-refractivity contribution in [2.24, 2.45) is 0 Å². The van der Waals surface area contributed by atoms with Crippen LogP contribution in [0.2, 0.25) is 0 Å². The summed E-state index contributed by atoms with van der Waals surface area (Å²) in [6.45, 7) is 3.40. The molecule has 0 radical (unpaired) electrons. The molecule has 0 aliphatic carbocycles. The summed E-state index contributed by atoms with van der Waals surface area (Å²) in [6, 6.07) is 13.7. The average Bonchev–Trinajstić information content (AvgIpc) is 2.71. The van der Waals surface area contributed by atoms with Crippen LogP contribution >= 0.6 is 22.6 Å². The molecule has 2 rings (SSSR count). The first-order valence-electron chi connectivity index (χ1n) is 9.82. The van der Waals surface area contributed by atoms with E-state index in [4.69, 9.17) is 9.47 Å². The number of rotatable bonds is 12. The smallest absolute Gasteiger partial charge is 0.309 e. The third-order valence-electron chi connectivity index (χ3n) is 4.43. The molecule has 0 saturated heterocycles. The Morgan fingerprint density at radius 2 is 1.71 bits per heavy atom. The number of ether oxygens (including phenoxy) is 3. The highest BCUT2D eigenvalue weighted by molar-refractivity contribution is 14.1. The molecule has 28 heavy (non-hydrogen) atoms. The Labute approximate surface area is 181 Å². The number of hydrogen-bond donors (Lipinski definition) is 0. The Kier molecular flexibility index (Phi) is 10.2. The Bertz CT molecular complexity index is 728. The Morgan fingerprint density at radius 1 is 0.964 bits per heavy atom. The van der Waals surface area contributed by atoms with Crippen molar-refractivity contribution < 1.29 is 19.0 Å². The number of methoxy groups -OCH3 is 1. The van der Waals surface area contributed by atoms with Gasteiger partial charge in [0.2, 0.25) is 0 Å². The van der Waals surface area contributed by atoms with Gasteiger partial charge in [0, 0.05) is 9.13 Å². The van der Waals surface area contributed by atoms with Crippen molar-refractivity contribution >= 4 is 28.6 Å². The monoisotopic (exact) mass is 496 g/mol. The first kappa shape index (κ1) is 22.5. The van der Waals surface area contributed by atoms with Crippen LogP contribution in [0.3, 0.4) is 0 Å². The van der Waals surface area contributed by atoms with E-state index >= 15 is 0 Å². The van der Waals surface area contributed by atoms with Gasteiger partial charge in [-0.3, -0.25) is 4.79 Å². The largest absolute Gasteiger partial charge is 0.493 e. The fourth-order valence-corrected chi connectivity index (χ4v) is 3.24. The fourth-order valence-electron chi connectivity index (χ4n) is 2.77. The Morgan fingerprint density at radius 3 is 2.43 bits per heavy atom. The summed E-state index contributed by atoms with van der Waals surface area (Å²) in [5.74, 6) is 1.41. The lowest BCUT2D eigenvalue weighted by molar-refractivity contribution is -0.139. The van der Waals surface area contributed by atoms with Crippen molar-refractivity contribution in [2.75, 3.05) is 13.7 Å². The number of esters is 1. The SMILES string of the molecule is CCCCCCCOc1cc(I)ccc1COc1ccc(CC(=O)OC)cc1. The molecular weight excluding hydrogens is 467 g/mol. The van der Waals surface area contributed by atoms with Crippen molar-refractivity contribution in [1.29, 1.82) is 0 Å². The standard InChI is InChI=1S/C23H29IO4/c1-3-4-5-6-7-14-27-22-16-20(24)11-10-19(22)17-28-21-12-8-18(9-13-21)15-23(25)26-2/h8-13,16H,3-7,14-15,17H2,1-2H3. The zero-order chi connectivity index (χ0) is 20.2. The maximum Gasteiger partial charge on any atom is 0.309 e. The highest BCUT2D eigenvalue weighted by Crippen LogP contribution is 2.24. The number of unbranched alkanes of at least 4 members (excludes halogenated alkanes) is 4. The van der Waals surface area contributed by atoms with Crippen LogP contribution in [0.4, 0.5) is 0 Å². The maximum absolute atomic E-state index is 11.3. The van der Waals surface area contributed by atoms with Gasteiger partial charge in [-0.15, -0.1) is 0 Å². The van der Waals surface area contributed by atoms with E-state index in [1.165, 1.54) is 32.8 Å². The molecule has 0 heterocycles. The number of hydrogen-bond acceptors (Lipinski definition) is 4. The molecule has 0 aliphatic heterocycles. The second-order valence-corrected chi connectivity index (χ2v) is 7.95. The summed E-state index contributed by atoms with van der Waals surface area (Å²) in [6.07, 6.45) is 6.37. The molecule has 0 unspecified atom stereocenters. The molecule has 2 aromatic rings. The van der Waals surface area contributed by atoms with Gasteiger partial charge in [-0.05, 0) is 58.8 Å². The molecule has 0 spiro atoms. The summed E-state index contributed by atoms with van der Waals surface area (Å²) < 4.78 is 17.8. The van der Waals surface area contributed by atoms with Crippen LogP contribution in [-0.4, -0.2) is 19.7 Å². The zero-order valence-electron chi connectivity index (χ0n) is 16.7. The zero-order valence-corrected chi connectivity index (χ0v) is 18.9. The van der Waals surface area contributed by atoms with Gasteiger partial charge in [0.15, 0.2) is 0 Å². The molecule has 4 nitrogen and oxygen atoms in total. The number of carbonyl (C=O) groups excluding carboxylic acids is 1. The third-order valence-corrected chi connectivity index (χ3v) is 5.10. The molecule has 0 N–H and O–H groups in total. The van der Waals surface area contributed by atoms with Gasteiger partial charge in [-0.1, -0.05) is 50.8 Å². The van der Waals surface area contributed by atoms with Crippen LogP contribution in [0.5, 0.6) is 11.5 Å². The highest BCUT2D eigenvalue weighted by atomic mass is 127. The molecular formula is C23H29IO4. The number of halogens is 1. The van der Waals surface area contributed by atoms with E-state index in [1.807, 2.05) is 24.3 Å². The summed E-state index contributed by atoms with van der Waals surface area (Å²) in [7, 11) is 1.39. The van der Waals surface area contributed by atoms with Crippen LogP contribution in [0.1, 0.15) is 50.2 Å². The molecule has 0 fully saturated rings. The summed E-state index contributed by atoms with van der Waals surface area (Å²) in [5, 5.41) is 0. The fraction of sp³-hybridized carbons (Fsp3) is 0.435. The van der Waals surface area contributed by atoms with Gasteiger partial charge in [0.25, 0.3) is 0 Å². The molecule has 0 saturated carbocycles. The van der Waals surface area contributed by atoms with E-state index in [-0.39, 0.29) is 12.4 Å². The summed E-state index contributed by atoms with van der Waals surface area (Å²) >= 11 is 2.30.